The molecule has 6 nitrogen and oxygen atoms in total. The fourth-order valence-corrected chi connectivity index (χ4v) is 3.81. The molecule has 2 rings (SSSR count). The van der Waals surface area contributed by atoms with Gasteiger partial charge in [0.25, 0.3) is 5.56 Å². The van der Waals surface area contributed by atoms with E-state index in [2.05, 4.69) is 14.7 Å². The molecule has 19 heavy (non-hydrogen) atoms. The largest absolute Gasteiger partial charge is 0.313 e. The first-order valence-electron chi connectivity index (χ1n) is 5.95. The minimum absolute atomic E-state index is 0.132. The first-order valence-corrected chi connectivity index (χ1v) is 8.42. The van der Waals surface area contributed by atoms with E-state index in [4.69, 9.17) is 0 Å². The van der Waals surface area contributed by atoms with Crippen molar-refractivity contribution in [3.63, 3.8) is 0 Å². The maximum Gasteiger partial charge on any atom is 0.259 e. The van der Waals surface area contributed by atoms with Gasteiger partial charge in [-0.1, -0.05) is 13.3 Å². The molecule has 0 saturated heterocycles. The summed E-state index contributed by atoms with van der Waals surface area (Å²) in [5.74, 6) is 0.132. The maximum atomic E-state index is 11.7. The van der Waals surface area contributed by atoms with Crippen molar-refractivity contribution in [2.24, 2.45) is 0 Å². The number of hydrogen-bond donors (Lipinski definition) is 2. The van der Waals surface area contributed by atoms with E-state index in [-0.39, 0.29) is 17.9 Å². The average Bonchev–Trinajstić information content (AvgIpc) is 2.79. The van der Waals surface area contributed by atoms with Gasteiger partial charge in [0.15, 0.2) is 0 Å². The van der Waals surface area contributed by atoms with Crippen LogP contribution in [0, 0.1) is 0 Å². The zero-order valence-electron chi connectivity index (χ0n) is 10.5. The van der Waals surface area contributed by atoms with Gasteiger partial charge in [0.2, 0.25) is 10.0 Å². The molecule has 2 N–H and O–H groups in total. The fourth-order valence-electron chi connectivity index (χ4n) is 1.59. The summed E-state index contributed by atoms with van der Waals surface area (Å²) in [6.07, 6.45) is 2.82. The Morgan fingerprint density at radius 3 is 2.95 bits per heavy atom. The minimum atomic E-state index is -3.24. The molecule has 0 radical (unpaired) electrons. The van der Waals surface area contributed by atoms with Gasteiger partial charge in [0, 0.05) is 11.4 Å². The number of unbranched alkanes of at least 4 members (excludes halogenated alkanes) is 1. The first kappa shape index (κ1) is 14.2. The highest BCUT2D eigenvalue weighted by Gasteiger charge is 2.11. The Bertz CT molecular complexity index is 718. The molecular weight excluding hydrogens is 286 g/mol. The van der Waals surface area contributed by atoms with Crippen LogP contribution in [0.3, 0.4) is 0 Å². The van der Waals surface area contributed by atoms with Crippen LogP contribution in [0.4, 0.5) is 0 Å². The van der Waals surface area contributed by atoms with E-state index in [1.807, 2.05) is 6.92 Å². The molecule has 0 spiro atoms. The van der Waals surface area contributed by atoms with Crippen molar-refractivity contribution in [1.82, 2.24) is 14.7 Å². The van der Waals surface area contributed by atoms with Gasteiger partial charge in [-0.3, -0.25) is 4.79 Å². The molecule has 2 heterocycles. The standard InChI is InChI=1S/C11H15N3O3S2/c1-2-3-4-19(16,17)14-6-8-5-9-10(15)12-7-13-11(9)18-8/h5,7,14H,2-4,6H2,1H3,(H,12,13,15). The van der Waals surface area contributed by atoms with Gasteiger partial charge in [-0.25, -0.2) is 18.1 Å². The second kappa shape index (κ2) is 5.81. The molecule has 8 heteroatoms. The lowest BCUT2D eigenvalue weighted by Crippen LogP contribution is -2.25. The summed E-state index contributed by atoms with van der Waals surface area (Å²) in [4.78, 5) is 19.4. The van der Waals surface area contributed by atoms with Crippen LogP contribution in [0.25, 0.3) is 10.2 Å². The number of thiophene rings is 1. The zero-order chi connectivity index (χ0) is 13.9. The first-order chi connectivity index (χ1) is 9.02. The van der Waals surface area contributed by atoms with Crippen LogP contribution < -0.4 is 10.3 Å². The molecule has 0 aliphatic heterocycles. The third kappa shape index (κ3) is 3.62. The predicted octanol–water partition coefficient (Wildman–Crippen LogP) is 1.20. The number of aromatic nitrogens is 2. The molecule has 0 amide bonds. The molecule has 0 atom stereocenters. The van der Waals surface area contributed by atoms with Crippen LogP contribution in [-0.4, -0.2) is 24.1 Å². The second-order valence-corrected chi connectivity index (χ2v) is 7.20. The summed E-state index contributed by atoms with van der Waals surface area (Å²) in [5, 5.41) is 0.496. The summed E-state index contributed by atoms with van der Waals surface area (Å²) >= 11 is 1.32. The van der Waals surface area contributed by atoms with Gasteiger partial charge in [-0.05, 0) is 12.5 Å². The van der Waals surface area contributed by atoms with Crippen molar-refractivity contribution < 1.29 is 8.42 Å². The molecule has 0 unspecified atom stereocenters. The third-order valence-electron chi connectivity index (χ3n) is 2.62. The average molecular weight is 301 g/mol. The lowest BCUT2D eigenvalue weighted by molar-refractivity contribution is 0.578. The van der Waals surface area contributed by atoms with E-state index in [0.717, 1.165) is 11.3 Å². The number of fused-ring (bicyclic) bond motifs is 1. The Morgan fingerprint density at radius 1 is 1.47 bits per heavy atom. The molecule has 0 aliphatic carbocycles. The zero-order valence-corrected chi connectivity index (χ0v) is 12.1. The van der Waals surface area contributed by atoms with Crippen molar-refractivity contribution >= 4 is 31.6 Å². The van der Waals surface area contributed by atoms with Crippen LogP contribution in [0.5, 0.6) is 0 Å². The highest BCUT2D eigenvalue weighted by molar-refractivity contribution is 7.89. The molecule has 2 aromatic heterocycles. The number of rotatable bonds is 6. The molecule has 104 valence electrons. The number of sulfonamides is 1. The fraction of sp³-hybridized carbons (Fsp3) is 0.455. The van der Waals surface area contributed by atoms with Gasteiger partial charge < -0.3 is 4.98 Å². The Morgan fingerprint density at radius 2 is 2.26 bits per heavy atom. The number of nitrogens with one attached hydrogen (secondary N) is 2. The molecule has 0 fully saturated rings. The van der Waals surface area contributed by atoms with E-state index < -0.39 is 10.0 Å². The summed E-state index contributed by atoms with van der Waals surface area (Å²) in [7, 11) is -3.24. The molecule has 0 saturated carbocycles. The molecule has 2 aromatic rings. The molecule has 0 bridgehead atoms. The SMILES string of the molecule is CCCCS(=O)(=O)NCc1cc2c(=O)[nH]cnc2s1. The number of H-pyrrole nitrogens is 1. The number of aromatic amines is 1. The highest BCUT2D eigenvalue weighted by atomic mass is 32.2. The summed E-state index contributed by atoms with van der Waals surface area (Å²) in [5.41, 5.74) is -0.207. The van der Waals surface area contributed by atoms with Gasteiger partial charge in [-0.15, -0.1) is 11.3 Å². The monoisotopic (exact) mass is 301 g/mol. The van der Waals surface area contributed by atoms with Crippen molar-refractivity contribution in [3.05, 3.63) is 27.6 Å². The van der Waals surface area contributed by atoms with E-state index in [9.17, 15) is 13.2 Å². The molecular formula is C11H15N3O3S2. The predicted molar refractivity (Wildman–Crippen MR) is 75.8 cm³/mol. The van der Waals surface area contributed by atoms with Gasteiger partial charge >= 0.3 is 0 Å². The Labute approximate surface area is 114 Å². The van der Waals surface area contributed by atoms with Crippen LogP contribution in [0.1, 0.15) is 24.6 Å². The van der Waals surface area contributed by atoms with Gasteiger partial charge in [0.1, 0.15) is 4.83 Å². The van der Waals surface area contributed by atoms with Gasteiger partial charge in [0.05, 0.1) is 17.5 Å². The lowest BCUT2D eigenvalue weighted by atomic mass is 10.3. The second-order valence-electron chi connectivity index (χ2n) is 4.16. The molecule has 0 aliphatic rings. The van der Waals surface area contributed by atoms with Crippen LogP contribution in [0.2, 0.25) is 0 Å². The van der Waals surface area contributed by atoms with E-state index in [0.29, 0.717) is 16.6 Å². The van der Waals surface area contributed by atoms with E-state index in [1.165, 1.54) is 17.7 Å². The Hall–Kier alpha value is -1.25. The van der Waals surface area contributed by atoms with Gasteiger partial charge in [-0.2, -0.15) is 0 Å². The summed E-state index contributed by atoms with van der Waals surface area (Å²) in [6.45, 7) is 2.14. The Balaban J connectivity index is 2.10. The van der Waals surface area contributed by atoms with Crippen molar-refractivity contribution in [2.75, 3.05) is 5.75 Å². The summed E-state index contributed by atoms with van der Waals surface area (Å²) < 4.78 is 25.8. The van der Waals surface area contributed by atoms with Crippen LogP contribution >= 0.6 is 11.3 Å². The number of hydrogen-bond acceptors (Lipinski definition) is 5. The third-order valence-corrected chi connectivity index (χ3v) is 5.07. The maximum absolute atomic E-state index is 11.7. The topological polar surface area (TPSA) is 91.9 Å². The van der Waals surface area contributed by atoms with Crippen molar-refractivity contribution in [2.45, 2.75) is 26.3 Å². The number of nitrogens with zero attached hydrogens (tertiary/aromatic N) is 1. The van der Waals surface area contributed by atoms with Crippen LogP contribution in [0.15, 0.2) is 17.2 Å². The van der Waals surface area contributed by atoms with Crippen molar-refractivity contribution in [1.29, 1.82) is 0 Å². The minimum Gasteiger partial charge on any atom is -0.313 e. The van der Waals surface area contributed by atoms with Crippen LogP contribution in [-0.2, 0) is 16.6 Å². The normalized spacial score (nSPS) is 12.1. The molecule has 0 aromatic carbocycles. The van der Waals surface area contributed by atoms with Crippen molar-refractivity contribution in [3.8, 4) is 0 Å². The highest BCUT2D eigenvalue weighted by Crippen LogP contribution is 2.20. The van der Waals surface area contributed by atoms with E-state index >= 15 is 0 Å². The van der Waals surface area contributed by atoms with E-state index in [1.54, 1.807) is 6.07 Å². The quantitative estimate of drug-likeness (QED) is 0.838. The smallest absolute Gasteiger partial charge is 0.259 e. The lowest BCUT2D eigenvalue weighted by Gasteiger charge is -2.03. The summed E-state index contributed by atoms with van der Waals surface area (Å²) in [6, 6.07) is 1.67. The Kier molecular flexibility index (Phi) is 4.33.